The minimum absolute atomic E-state index is 0.178. The van der Waals surface area contributed by atoms with Crippen LogP contribution in [-0.4, -0.2) is 15.2 Å². The van der Waals surface area contributed by atoms with Gasteiger partial charge in [-0.3, -0.25) is 0 Å². The zero-order valence-electron chi connectivity index (χ0n) is 9.13. The van der Waals surface area contributed by atoms with Crippen LogP contribution in [0, 0.1) is 0 Å². The van der Waals surface area contributed by atoms with Crippen LogP contribution >= 0.6 is 11.6 Å². The van der Waals surface area contributed by atoms with Gasteiger partial charge in [0.05, 0.1) is 6.10 Å². The Morgan fingerprint density at radius 3 is 3.00 bits per heavy atom. The van der Waals surface area contributed by atoms with Crippen molar-refractivity contribution in [2.75, 3.05) is 0 Å². The van der Waals surface area contributed by atoms with Crippen LogP contribution in [0.25, 0.3) is 0 Å². The van der Waals surface area contributed by atoms with Crippen molar-refractivity contribution in [1.82, 2.24) is 10.1 Å². The highest BCUT2D eigenvalue weighted by atomic mass is 35.5. The monoisotopic (exact) mass is 254 g/mol. The molecule has 0 bridgehead atoms. The molecule has 0 radical (unpaired) electrons. The summed E-state index contributed by atoms with van der Waals surface area (Å²) in [6.45, 7) is 1.82. The van der Waals surface area contributed by atoms with Gasteiger partial charge in [0.15, 0.2) is 6.61 Å². The van der Waals surface area contributed by atoms with Gasteiger partial charge >= 0.3 is 0 Å². The molecule has 0 aliphatic carbocycles. The zero-order chi connectivity index (χ0) is 12.3. The quantitative estimate of drug-likeness (QED) is 0.907. The van der Waals surface area contributed by atoms with Crippen LogP contribution in [-0.2, 0) is 6.61 Å². The molecule has 0 saturated heterocycles. The third-order valence-corrected chi connectivity index (χ3v) is 2.42. The van der Waals surface area contributed by atoms with Gasteiger partial charge < -0.3 is 14.4 Å². The number of hydrogen-bond acceptors (Lipinski definition) is 5. The lowest BCUT2D eigenvalue weighted by Gasteiger charge is -2.12. The fourth-order valence-electron chi connectivity index (χ4n) is 1.38. The number of benzene rings is 1. The van der Waals surface area contributed by atoms with Gasteiger partial charge in [0.2, 0.25) is 12.2 Å². The van der Waals surface area contributed by atoms with Crippen molar-refractivity contribution >= 4 is 11.6 Å². The highest BCUT2D eigenvalue weighted by Gasteiger charge is 2.11. The molecule has 0 spiro atoms. The van der Waals surface area contributed by atoms with Crippen molar-refractivity contribution in [1.29, 1.82) is 0 Å². The van der Waals surface area contributed by atoms with Crippen LogP contribution in [0.4, 0.5) is 0 Å². The second-order valence-electron chi connectivity index (χ2n) is 3.49. The highest BCUT2D eigenvalue weighted by Crippen LogP contribution is 2.28. The molecule has 17 heavy (non-hydrogen) atoms. The average Bonchev–Trinajstić information content (AvgIpc) is 2.80. The Morgan fingerprint density at radius 1 is 1.53 bits per heavy atom. The number of aliphatic hydroxyl groups is 1. The number of aromatic nitrogens is 2. The SMILES string of the molecule is C[C@@H](O)c1cc(Cl)ccc1OCc1ncon1. The number of hydrogen-bond donors (Lipinski definition) is 1. The van der Waals surface area contributed by atoms with Crippen molar-refractivity contribution in [3.8, 4) is 5.75 Å². The normalized spacial score (nSPS) is 12.4. The summed E-state index contributed by atoms with van der Waals surface area (Å²) in [6.07, 6.45) is 0.574. The van der Waals surface area contributed by atoms with E-state index >= 15 is 0 Å². The van der Waals surface area contributed by atoms with E-state index in [-0.39, 0.29) is 6.61 Å². The van der Waals surface area contributed by atoms with Crippen LogP contribution in [0.5, 0.6) is 5.75 Å². The van der Waals surface area contributed by atoms with E-state index in [0.29, 0.717) is 22.2 Å². The van der Waals surface area contributed by atoms with Crippen molar-refractivity contribution in [3.05, 3.63) is 41.0 Å². The van der Waals surface area contributed by atoms with Crippen LogP contribution in [0.3, 0.4) is 0 Å². The summed E-state index contributed by atoms with van der Waals surface area (Å²) in [4.78, 5) is 3.83. The van der Waals surface area contributed by atoms with Crippen molar-refractivity contribution < 1.29 is 14.4 Å². The molecule has 0 aliphatic rings. The molecule has 2 rings (SSSR count). The summed E-state index contributed by atoms with van der Waals surface area (Å²) < 4.78 is 10.1. The number of aliphatic hydroxyl groups excluding tert-OH is 1. The average molecular weight is 255 g/mol. The summed E-state index contributed by atoms with van der Waals surface area (Å²) in [7, 11) is 0. The van der Waals surface area contributed by atoms with E-state index < -0.39 is 6.10 Å². The molecule has 2 aromatic rings. The van der Waals surface area contributed by atoms with Crippen LogP contribution in [0.2, 0.25) is 5.02 Å². The summed E-state index contributed by atoms with van der Waals surface area (Å²) in [5, 5.41) is 13.8. The Kier molecular flexibility index (Phi) is 3.61. The van der Waals surface area contributed by atoms with Crippen molar-refractivity contribution in [2.45, 2.75) is 19.6 Å². The number of halogens is 1. The largest absolute Gasteiger partial charge is 0.485 e. The van der Waals surface area contributed by atoms with E-state index in [9.17, 15) is 5.11 Å². The molecule has 1 aromatic carbocycles. The fraction of sp³-hybridized carbons (Fsp3) is 0.273. The minimum Gasteiger partial charge on any atom is -0.485 e. The molecule has 0 fully saturated rings. The van der Waals surface area contributed by atoms with Gasteiger partial charge in [-0.25, -0.2) is 0 Å². The van der Waals surface area contributed by atoms with Crippen LogP contribution < -0.4 is 4.74 Å². The molecule has 0 amide bonds. The molecule has 6 heteroatoms. The lowest BCUT2D eigenvalue weighted by atomic mass is 10.1. The first-order chi connectivity index (χ1) is 8.16. The lowest BCUT2D eigenvalue weighted by molar-refractivity contribution is 0.189. The van der Waals surface area contributed by atoms with Crippen LogP contribution in [0.15, 0.2) is 29.1 Å². The summed E-state index contributed by atoms with van der Waals surface area (Å²) in [5.74, 6) is 0.991. The predicted molar refractivity (Wildman–Crippen MR) is 60.7 cm³/mol. The molecule has 5 nitrogen and oxygen atoms in total. The second kappa shape index (κ2) is 5.16. The Morgan fingerprint density at radius 2 is 2.35 bits per heavy atom. The summed E-state index contributed by atoms with van der Waals surface area (Å²) in [5.41, 5.74) is 0.626. The first-order valence-corrected chi connectivity index (χ1v) is 5.40. The molecule has 0 saturated carbocycles. The molecule has 1 N–H and O–H groups in total. The second-order valence-corrected chi connectivity index (χ2v) is 3.93. The number of rotatable bonds is 4. The minimum atomic E-state index is -0.658. The third-order valence-electron chi connectivity index (χ3n) is 2.19. The molecular formula is C11H11ClN2O3. The fourth-order valence-corrected chi connectivity index (χ4v) is 1.56. The zero-order valence-corrected chi connectivity index (χ0v) is 9.89. The first kappa shape index (κ1) is 11.9. The predicted octanol–water partition coefficient (Wildman–Crippen LogP) is 2.36. The molecule has 0 aliphatic heterocycles. The van der Waals surface area contributed by atoms with E-state index in [1.165, 1.54) is 6.39 Å². The lowest BCUT2D eigenvalue weighted by Crippen LogP contribution is -2.02. The molecule has 1 aromatic heterocycles. The number of ether oxygens (including phenoxy) is 1. The van der Waals surface area contributed by atoms with E-state index in [4.69, 9.17) is 16.3 Å². The standard InChI is InChI=1S/C11H11ClN2O3/c1-7(15)9-4-8(12)2-3-10(9)16-5-11-13-6-17-14-11/h2-4,6-7,15H,5H2,1H3/t7-/m1/s1. The number of nitrogens with zero attached hydrogens (tertiary/aromatic N) is 2. The molecule has 0 unspecified atom stereocenters. The van der Waals surface area contributed by atoms with Gasteiger partial charge in [0.25, 0.3) is 0 Å². The molecular weight excluding hydrogens is 244 g/mol. The smallest absolute Gasteiger partial charge is 0.213 e. The first-order valence-electron chi connectivity index (χ1n) is 5.02. The Bertz CT molecular complexity index is 485. The summed E-state index contributed by atoms with van der Waals surface area (Å²) >= 11 is 5.85. The maximum atomic E-state index is 9.60. The van der Waals surface area contributed by atoms with Gasteiger partial charge in [-0.2, -0.15) is 4.98 Å². The molecule has 1 atom stereocenters. The Balaban J connectivity index is 2.14. The van der Waals surface area contributed by atoms with Gasteiger partial charge in [-0.05, 0) is 25.1 Å². The highest BCUT2D eigenvalue weighted by molar-refractivity contribution is 6.30. The van der Waals surface area contributed by atoms with Gasteiger partial charge in [-0.1, -0.05) is 16.8 Å². The van der Waals surface area contributed by atoms with Gasteiger partial charge in [0.1, 0.15) is 5.75 Å². The maximum Gasteiger partial charge on any atom is 0.213 e. The maximum absolute atomic E-state index is 9.60. The topological polar surface area (TPSA) is 68.4 Å². The Hall–Kier alpha value is -1.59. The molecule has 90 valence electrons. The van der Waals surface area contributed by atoms with E-state index in [0.717, 1.165) is 0 Å². The molecule has 1 heterocycles. The van der Waals surface area contributed by atoms with Crippen molar-refractivity contribution in [2.24, 2.45) is 0 Å². The summed E-state index contributed by atoms with van der Waals surface area (Å²) in [6, 6.07) is 5.06. The van der Waals surface area contributed by atoms with Gasteiger partial charge in [0, 0.05) is 10.6 Å². The van der Waals surface area contributed by atoms with E-state index in [2.05, 4.69) is 14.7 Å². The Labute approximate surface area is 103 Å². The van der Waals surface area contributed by atoms with E-state index in [1.54, 1.807) is 25.1 Å². The van der Waals surface area contributed by atoms with E-state index in [1.807, 2.05) is 0 Å². The van der Waals surface area contributed by atoms with Crippen molar-refractivity contribution in [3.63, 3.8) is 0 Å². The third kappa shape index (κ3) is 2.95. The van der Waals surface area contributed by atoms with Crippen LogP contribution in [0.1, 0.15) is 24.4 Å². The van der Waals surface area contributed by atoms with Gasteiger partial charge in [-0.15, -0.1) is 0 Å².